The van der Waals surface area contributed by atoms with E-state index in [4.69, 9.17) is 0 Å². The number of rotatable bonds is 2. The second-order valence-electron chi connectivity index (χ2n) is 4.89. The largest absolute Gasteiger partial charge is 0.339 e. The molecule has 0 aliphatic heterocycles. The number of aromatic nitrogens is 3. The van der Waals surface area contributed by atoms with Crippen LogP contribution in [0.4, 0.5) is 4.39 Å². The third-order valence-corrected chi connectivity index (χ3v) is 4.89. The van der Waals surface area contributed by atoms with Gasteiger partial charge in [-0.2, -0.15) is 0 Å². The normalized spacial score (nSPS) is 13.0. The fraction of sp³-hybridized carbons (Fsp3) is 0.167. The van der Waals surface area contributed by atoms with Crippen molar-refractivity contribution >= 4 is 41.6 Å². The van der Waals surface area contributed by atoms with Crippen molar-refractivity contribution in [2.75, 3.05) is 12.5 Å². The Morgan fingerprint density at radius 1 is 1.05 bits per heavy atom. The molecule has 0 spiro atoms. The van der Waals surface area contributed by atoms with Crippen LogP contribution in [0.3, 0.4) is 0 Å². The van der Waals surface area contributed by atoms with Gasteiger partial charge in [-0.3, -0.25) is 0 Å². The number of aromatic amines is 1. The fourth-order valence-electron chi connectivity index (χ4n) is 2.15. The van der Waals surface area contributed by atoms with Gasteiger partial charge >= 0.3 is 0 Å². The van der Waals surface area contributed by atoms with Gasteiger partial charge in [-0.05, 0) is 18.2 Å². The Kier molecular flexibility index (Phi) is 3.01. The maximum Gasteiger partial charge on any atom is 0.250 e. The summed E-state index contributed by atoms with van der Waals surface area (Å²) in [6, 6.07) is 3.76. The lowest BCUT2D eigenvalue weighted by Crippen LogP contribution is -2.10. The van der Waals surface area contributed by atoms with Crippen LogP contribution < -0.4 is 0 Å². The molecule has 0 aliphatic rings. The molecule has 3 rings (SSSR count). The molecule has 22 heavy (non-hydrogen) atoms. The number of halogens is 1. The topological polar surface area (TPSA) is 110 Å². The summed E-state index contributed by atoms with van der Waals surface area (Å²) in [5, 5.41) is -0.706. The van der Waals surface area contributed by atoms with Gasteiger partial charge < -0.3 is 4.98 Å². The van der Waals surface area contributed by atoms with Crippen LogP contribution in [0.25, 0.3) is 21.9 Å². The van der Waals surface area contributed by atoms with Gasteiger partial charge in [0.05, 0.1) is 5.39 Å². The molecule has 0 fully saturated rings. The summed E-state index contributed by atoms with van der Waals surface area (Å²) in [7, 11) is -7.65. The van der Waals surface area contributed by atoms with Crippen LogP contribution in [0.2, 0.25) is 0 Å². The minimum absolute atomic E-state index is 0.0245. The second-order valence-corrected chi connectivity index (χ2v) is 8.73. The SMILES string of the molecule is CS(=O)(=O)c1nc(S(C)(=O)=O)c2c(n1)[nH]c1ccc(F)cc12. The lowest BCUT2D eigenvalue weighted by molar-refractivity contribution is 0.587. The number of hydrogen-bond acceptors (Lipinski definition) is 6. The number of fused-ring (bicyclic) bond motifs is 3. The molecule has 0 aliphatic carbocycles. The monoisotopic (exact) mass is 343 g/mol. The van der Waals surface area contributed by atoms with Crippen molar-refractivity contribution in [1.29, 1.82) is 0 Å². The van der Waals surface area contributed by atoms with Crippen LogP contribution in [0.1, 0.15) is 0 Å². The van der Waals surface area contributed by atoms with Gasteiger partial charge in [0, 0.05) is 23.4 Å². The first-order valence-electron chi connectivity index (χ1n) is 5.96. The molecule has 0 unspecified atom stereocenters. The Balaban J connectivity index is 2.61. The molecule has 2 heterocycles. The van der Waals surface area contributed by atoms with Crippen molar-refractivity contribution in [1.82, 2.24) is 15.0 Å². The molecule has 116 valence electrons. The third kappa shape index (κ3) is 2.33. The smallest absolute Gasteiger partial charge is 0.250 e. The zero-order valence-corrected chi connectivity index (χ0v) is 13.1. The average molecular weight is 343 g/mol. The maximum absolute atomic E-state index is 13.4. The molecule has 1 aromatic carbocycles. The first kappa shape index (κ1) is 14.9. The van der Waals surface area contributed by atoms with Gasteiger partial charge in [0.2, 0.25) is 15.0 Å². The highest BCUT2D eigenvalue weighted by atomic mass is 32.2. The molecular formula is C12H10FN3O4S2. The quantitative estimate of drug-likeness (QED) is 0.550. The van der Waals surface area contributed by atoms with Crippen molar-refractivity contribution in [2.24, 2.45) is 0 Å². The van der Waals surface area contributed by atoms with E-state index in [1.165, 1.54) is 12.1 Å². The Hall–Kier alpha value is -2.07. The van der Waals surface area contributed by atoms with E-state index in [2.05, 4.69) is 15.0 Å². The van der Waals surface area contributed by atoms with E-state index >= 15 is 0 Å². The molecule has 2 aromatic heterocycles. The summed E-state index contributed by atoms with van der Waals surface area (Å²) in [4.78, 5) is 10.3. The van der Waals surface area contributed by atoms with E-state index in [0.29, 0.717) is 5.52 Å². The van der Waals surface area contributed by atoms with Crippen LogP contribution in [-0.2, 0) is 19.7 Å². The Labute approximate surface area is 125 Å². The molecule has 0 bridgehead atoms. The number of hydrogen-bond donors (Lipinski definition) is 1. The molecule has 0 saturated heterocycles. The van der Waals surface area contributed by atoms with E-state index in [1.807, 2.05) is 0 Å². The van der Waals surface area contributed by atoms with Crippen molar-refractivity contribution in [3.05, 3.63) is 24.0 Å². The summed E-state index contributed by atoms with van der Waals surface area (Å²) in [5.74, 6) is -0.556. The van der Waals surface area contributed by atoms with Gasteiger partial charge in [0.1, 0.15) is 11.5 Å². The number of sulfone groups is 2. The first-order chi connectivity index (χ1) is 10.1. The van der Waals surface area contributed by atoms with E-state index in [1.54, 1.807) is 0 Å². The average Bonchev–Trinajstić information content (AvgIpc) is 2.73. The van der Waals surface area contributed by atoms with E-state index in [-0.39, 0.29) is 16.4 Å². The summed E-state index contributed by atoms with van der Waals surface area (Å²) in [5.41, 5.74) is 0.456. The number of H-pyrrole nitrogens is 1. The molecule has 0 amide bonds. The van der Waals surface area contributed by atoms with Crippen LogP contribution in [-0.4, -0.2) is 44.3 Å². The molecule has 0 saturated carbocycles. The summed E-state index contributed by atoms with van der Waals surface area (Å²) in [6.07, 6.45) is 1.78. The van der Waals surface area contributed by atoms with Crippen molar-refractivity contribution in [2.45, 2.75) is 10.2 Å². The predicted molar refractivity (Wildman–Crippen MR) is 77.6 cm³/mol. The Morgan fingerprint density at radius 3 is 2.32 bits per heavy atom. The minimum Gasteiger partial charge on any atom is -0.339 e. The molecule has 0 radical (unpaired) electrons. The molecule has 0 atom stereocenters. The van der Waals surface area contributed by atoms with Gasteiger partial charge in [0.25, 0.3) is 0 Å². The van der Waals surface area contributed by atoms with Crippen LogP contribution in [0, 0.1) is 5.82 Å². The third-order valence-electron chi connectivity index (χ3n) is 3.04. The predicted octanol–water partition coefficient (Wildman–Crippen LogP) is 1.06. The second kappa shape index (κ2) is 4.46. The number of nitrogens with one attached hydrogen (secondary N) is 1. The van der Waals surface area contributed by atoms with Crippen molar-refractivity contribution in [3.8, 4) is 0 Å². The highest BCUT2D eigenvalue weighted by Crippen LogP contribution is 2.30. The van der Waals surface area contributed by atoms with Gasteiger partial charge in [0.15, 0.2) is 14.9 Å². The molecule has 3 aromatic rings. The lowest BCUT2D eigenvalue weighted by atomic mass is 10.2. The highest BCUT2D eigenvalue weighted by molar-refractivity contribution is 7.91. The molecule has 10 heteroatoms. The first-order valence-corrected chi connectivity index (χ1v) is 9.75. The maximum atomic E-state index is 13.4. The molecule has 1 N–H and O–H groups in total. The Morgan fingerprint density at radius 2 is 1.73 bits per heavy atom. The van der Waals surface area contributed by atoms with Crippen LogP contribution in [0.15, 0.2) is 28.4 Å². The van der Waals surface area contributed by atoms with E-state index < -0.39 is 35.7 Å². The van der Waals surface area contributed by atoms with Crippen molar-refractivity contribution in [3.63, 3.8) is 0 Å². The minimum atomic E-state index is -3.84. The van der Waals surface area contributed by atoms with Crippen LogP contribution in [0.5, 0.6) is 0 Å². The van der Waals surface area contributed by atoms with Crippen LogP contribution >= 0.6 is 0 Å². The van der Waals surface area contributed by atoms with Gasteiger partial charge in [-0.1, -0.05) is 0 Å². The zero-order valence-electron chi connectivity index (χ0n) is 11.5. The standard InChI is InChI=1S/C12H10FN3O4S2/c1-21(17,18)11-9-7-5-6(13)3-4-8(7)14-10(9)15-12(16-11)22(2,19)20/h3-5H,1-2H3,(H,14,15,16). The van der Waals surface area contributed by atoms with Gasteiger partial charge in [-0.25, -0.2) is 31.2 Å². The Bertz CT molecular complexity index is 1130. The number of nitrogens with zero attached hydrogens (tertiary/aromatic N) is 2. The summed E-state index contributed by atoms with van der Waals surface area (Å²) >= 11 is 0. The summed E-state index contributed by atoms with van der Waals surface area (Å²) in [6.45, 7) is 0. The lowest BCUT2D eigenvalue weighted by Gasteiger charge is -2.03. The molecule has 7 nitrogen and oxygen atoms in total. The number of benzene rings is 1. The zero-order chi connectivity index (χ0) is 16.3. The van der Waals surface area contributed by atoms with Gasteiger partial charge in [-0.15, -0.1) is 0 Å². The van der Waals surface area contributed by atoms with E-state index in [9.17, 15) is 21.2 Å². The van der Waals surface area contributed by atoms with E-state index in [0.717, 1.165) is 18.6 Å². The van der Waals surface area contributed by atoms with Crippen molar-refractivity contribution < 1.29 is 21.2 Å². The summed E-state index contributed by atoms with van der Waals surface area (Å²) < 4.78 is 60.6. The molecular weight excluding hydrogens is 333 g/mol. The fourth-order valence-corrected chi connectivity index (χ4v) is 3.55. The highest BCUT2D eigenvalue weighted by Gasteiger charge is 2.24.